The van der Waals surface area contributed by atoms with Gasteiger partial charge in [-0.15, -0.1) is 0 Å². The van der Waals surface area contributed by atoms with Gasteiger partial charge in [-0.3, -0.25) is 0 Å². The summed E-state index contributed by atoms with van der Waals surface area (Å²) >= 11 is 0. The fourth-order valence-corrected chi connectivity index (χ4v) is 2.94. The second kappa shape index (κ2) is 18.3. The molecule has 0 saturated carbocycles. The molecule has 0 amide bonds. The van der Waals surface area contributed by atoms with Gasteiger partial charge in [0.2, 0.25) is 0 Å². The summed E-state index contributed by atoms with van der Waals surface area (Å²) in [4.78, 5) is 0. The number of ether oxygens (including phenoxy) is 1. The third-order valence-electron chi connectivity index (χ3n) is 4.59. The molecular formula is C21H44O2. The minimum Gasteiger partial charge on any atom is -0.394 e. The molecule has 23 heavy (non-hydrogen) atoms. The van der Waals surface area contributed by atoms with Gasteiger partial charge in [0.25, 0.3) is 0 Å². The molecule has 0 aromatic rings. The smallest absolute Gasteiger partial charge is 0.0777 e. The number of unbranched alkanes of at least 4 members (excludes halogenated alkanes) is 12. The van der Waals surface area contributed by atoms with E-state index in [9.17, 15) is 0 Å². The van der Waals surface area contributed by atoms with Crippen molar-refractivity contribution < 1.29 is 9.84 Å². The van der Waals surface area contributed by atoms with Crippen molar-refractivity contribution in [3.8, 4) is 0 Å². The van der Waals surface area contributed by atoms with Crippen LogP contribution in [0.4, 0.5) is 0 Å². The number of aliphatic hydroxyl groups is 1. The molecule has 2 nitrogen and oxygen atoms in total. The van der Waals surface area contributed by atoms with Crippen LogP contribution < -0.4 is 0 Å². The van der Waals surface area contributed by atoms with E-state index in [2.05, 4.69) is 13.8 Å². The quantitative estimate of drug-likeness (QED) is 0.291. The Labute approximate surface area is 146 Å². The monoisotopic (exact) mass is 328 g/mol. The molecule has 0 rings (SSSR count). The largest absolute Gasteiger partial charge is 0.394 e. The number of hydrogen-bond acceptors (Lipinski definition) is 2. The van der Waals surface area contributed by atoms with Gasteiger partial charge in [0, 0.05) is 6.61 Å². The standard InChI is InChI=1S/C21H44O2/c1-20(2)17-15-13-11-9-7-5-4-6-8-10-12-14-16-18-23-21(3)19-22/h20-22H,4-19H2,1-3H3. The lowest BCUT2D eigenvalue weighted by atomic mass is 10.0. The Kier molecular flexibility index (Phi) is 18.2. The Balaban J connectivity index is 3.00. The van der Waals surface area contributed by atoms with Crippen LogP contribution >= 0.6 is 0 Å². The fraction of sp³-hybridized carbons (Fsp3) is 1.00. The Morgan fingerprint density at radius 2 is 1.00 bits per heavy atom. The third-order valence-corrected chi connectivity index (χ3v) is 4.59. The van der Waals surface area contributed by atoms with E-state index in [1.54, 1.807) is 0 Å². The van der Waals surface area contributed by atoms with Crippen LogP contribution in [0.3, 0.4) is 0 Å². The summed E-state index contributed by atoms with van der Waals surface area (Å²) < 4.78 is 5.46. The summed E-state index contributed by atoms with van der Waals surface area (Å²) in [6, 6.07) is 0. The highest BCUT2D eigenvalue weighted by Gasteiger charge is 1.99. The van der Waals surface area contributed by atoms with Crippen molar-refractivity contribution in [2.75, 3.05) is 13.2 Å². The topological polar surface area (TPSA) is 29.5 Å². The van der Waals surface area contributed by atoms with E-state index < -0.39 is 0 Å². The van der Waals surface area contributed by atoms with Crippen LogP contribution in [0.5, 0.6) is 0 Å². The summed E-state index contributed by atoms with van der Waals surface area (Å²) in [6.07, 6.45) is 19.5. The first-order valence-corrected chi connectivity index (χ1v) is 10.4. The molecule has 0 fully saturated rings. The van der Waals surface area contributed by atoms with Crippen molar-refractivity contribution in [1.82, 2.24) is 0 Å². The van der Waals surface area contributed by atoms with Crippen LogP contribution in [-0.4, -0.2) is 24.4 Å². The van der Waals surface area contributed by atoms with E-state index in [0.29, 0.717) is 0 Å². The molecule has 0 spiro atoms. The van der Waals surface area contributed by atoms with Gasteiger partial charge in [-0.2, -0.15) is 0 Å². The Morgan fingerprint density at radius 1 is 0.609 bits per heavy atom. The Hall–Kier alpha value is -0.0800. The van der Waals surface area contributed by atoms with Gasteiger partial charge in [-0.05, 0) is 19.3 Å². The van der Waals surface area contributed by atoms with E-state index in [1.807, 2.05) is 6.92 Å². The zero-order valence-electron chi connectivity index (χ0n) is 16.3. The van der Waals surface area contributed by atoms with Gasteiger partial charge in [0.1, 0.15) is 0 Å². The van der Waals surface area contributed by atoms with Crippen molar-refractivity contribution in [3.05, 3.63) is 0 Å². The molecule has 0 aliphatic rings. The number of rotatable bonds is 18. The maximum Gasteiger partial charge on any atom is 0.0777 e. The highest BCUT2D eigenvalue weighted by Crippen LogP contribution is 2.14. The summed E-state index contributed by atoms with van der Waals surface area (Å²) in [7, 11) is 0. The van der Waals surface area contributed by atoms with Crippen molar-refractivity contribution >= 4 is 0 Å². The highest BCUT2D eigenvalue weighted by atomic mass is 16.5. The molecule has 0 saturated heterocycles. The third kappa shape index (κ3) is 19.9. The van der Waals surface area contributed by atoms with Crippen LogP contribution in [0.15, 0.2) is 0 Å². The SMILES string of the molecule is CC(C)CCCCCCCCCCCCCCCOC(C)CO. The summed E-state index contributed by atoms with van der Waals surface area (Å²) in [6.45, 7) is 7.51. The summed E-state index contributed by atoms with van der Waals surface area (Å²) in [5.41, 5.74) is 0. The predicted molar refractivity (Wildman–Crippen MR) is 102 cm³/mol. The summed E-state index contributed by atoms with van der Waals surface area (Å²) in [5, 5.41) is 8.84. The summed E-state index contributed by atoms with van der Waals surface area (Å²) in [5.74, 6) is 0.881. The van der Waals surface area contributed by atoms with Gasteiger partial charge in [-0.1, -0.05) is 97.3 Å². The molecule has 1 unspecified atom stereocenters. The van der Waals surface area contributed by atoms with Gasteiger partial charge in [0.05, 0.1) is 12.7 Å². The lowest BCUT2D eigenvalue weighted by Gasteiger charge is -2.09. The minimum atomic E-state index is 0.00482. The second-order valence-corrected chi connectivity index (χ2v) is 7.64. The molecule has 2 heteroatoms. The molecule has 0 aliphatic carbocycles. The van der Waals surface area contributed by atoms with E-state index in [0.717, 1.165) is 18.9 Å². The zero-order chi connectivity index (χ0) is 17.2. The second-order valence-electron chi connectivity index (χ2n) is 7.64. The zero-order valence-corrected chi connectivity index (χ0v) is 16.3. The van der Waals surface area contributed by atoms with E-state index >= 15 is 0 Å². The molecule has 140 valence electrons. The molecule has 0 heterocycles. The normalized spacial score (nSPS) is 12.9. The van der Waals surface area contributed by atoms with Crippen molar-refractivity contribution in [2.45, 2.75) is 117 Å². The van der Waals surface area contributed by atoms with Crippen molar-refractivity contribution in [1.29, 1.82) is 0 Å². The van der Waals surface area contributed by atoms with Crippen LogP contribution in [0.2, 0.25) is 0 Å². The van der Waals surface area contributed by atoms with Gasteiger partial charge < -0.3 is 9.84 Å². The average Bonchev–Trinajstić information content (AvgIpc) is 2.53. The van der Waals surface area contributed by atoms with Gasteiger partial charge in [0.15, 0.2) is 0 Å². The first kappa shape index (κ1) is 22.9. The van der Waals surface area contributed by atoms with Gasteiger partial charge >= 0.3 is 0 Å². The fourth-order valence-electron chi connectivity index (χ4n) is 2.94. The van der Waals surface area contributed by atoms with Crippen molar-refractivity contribution in [2.24, 2.45) is 5.92 Å². The molecule has 0 aromatic heterocycles. The van der Waals surface area contributed by atoms with Crippen LogP contribution in [0.25, 0.3) is 0 Å². The highest BCUT2D eigenvalue weighted by molar-refractivity contribution is 4.51. The molecule has 0 bridgehead atoms. The molecule has 0 radical (unpaired) electrons. The molecule has 1 atom stereocenters. The van der Waals surface area contributed by atoms with Crippen LogP contribution in [-0.2, 0) is 4.74 Å². The molecular weight excluding hydrogens is 284 g/mol. The first-order chi connectivity index (χ1) is 11.2. The number of hydrogen-bond donors (Lipinski definition) is 1. The van der Waals surface area contributed by atoms with Crippen molar-refractivity contribution in [3.63, 3.8) is 0 Å². The minimum absolute atomic E-state index is 0.00482. The maximum absolute atomic E-state index is 8.84. The van der Waals surface area contributed by atoms with E-state index in [-0.39, 0.29) is 12.7 Å². The average molecular weight is 329 g/mol. The van der Waals surface area contributed by atoms with E-state index in [1.165, 1.54) is 83.5 Å². The number of aliphatic hydroxyl groups excluding tert-OH is 1. The molecule has 0 aromatic carbocycles. The maximum atomic E-state index is 8.84. The Morgan fingerprint density at radius 3 is 1.39 bits per heavy atom. The van der Waals surface area contributed by atoms with Crippen LogP contribution in [0.1, 0.15) is 111 Å². The van der Waals surface area contributed by atoms with Crippen LogP contribution in [0, 0.1) is 5.92 Å². The lowest BCUT2D eigenvalue weighted by molar-refractivity contribution is 0.0231. The first-order valence-electron chi connectivity index (χ1n) is 10.4. The van der Waals surface area contributed by atoms with E-state index in [4.69, 9.17) is 9.84 Å². The van der Waals surface area contributed by atoms with Gasteiger partial charge in [-0.25, -0.2) is 0 Å². The molecule has 1 N–H and O–H groups in total. The predicted octanol–water partition coefficient (Wildman–Crippen LogP) is 6.50. The lowest BCUT2D eigenvalue weighted by Crippen LogP contribution is -2.13. The molecule has 0 aliphatic heterocycles. The Bertz CT molecular complexity index is 216.